The molecule has 0 heterocycles. The second kappa shape index (κ2) is 9.23. The fourth-order valence-corrected chi connectivity index (χ4v) is 2.66. The first-order chi connectivity index (χ1) is 12.8. The maximum absolute atomic E-state index is 13.6. The molecule has 2 N–H and O–H groups in total. The van der Waals surface area contributed by atoms with Crippen molar-refractivity contribution in [2.45, 2.75) is 18.9 Å². The Kier molecular flexibility index (Phi) is 7.01. The van der Waals surface area contributed by atoms with Gasteiger partial charge in [0, 0.05) is 6.42 Å². The Morgan fingerprint density at radius 3 is 2.52 bits per heavy atom. The minimum atomic E-state index is -1.38. The van der Waals surface area contributed by atoms with Gasteiger partial charge in [-0.3, -0.25) is 4.79 Å². The molecule has 8 heteroatoms. The molecule has 0 aromatic heterocycles. The number of aryl methyl sites for hydroxylation is 1. The van der Waals surface area contributed by atoms with Crippen LogP contribution in [0.3, 0.4) is 0 Å². The summed E-state index contributed by atoms with van der Waals surface area (Å²) in [7, 11) is 3.04. The maximum atomic E-state index is 13.6. The van der Waals surface area contributed by atoms with Crippen molar-refractivity contribution in [1.29, 1.82) is 0 Å². The van der Waals surface area contributed by atoms with Crippen LogP contribution < -0.4 is 14.8 Å². The quantitative estimate of drug-likeness (QED) is 0.715. The number of aliphatic carboxylic acids is 1. The molecule has 0 aliphatic rings. The molecule has 0 bridgehead atoms. The summed E-state index contributed by atoms with van der Waals surface area (Å²) in [6.07, 6.45) is 0.330. The summed E-state index contributed by atoms with van der Waals surface area (Å²) in [6.45, 7) is 0. The van der Waals surface area contributed by atoms with Crippen molar-refractivity contribution >= 4 is 23.5 Å². The number of ether oxygens (including phenoxy) is 2. The average Bonchev–Trinajstić information content (AvgIpc) is 2.66. The van der Waals surface area contributed by atoms with Crippen LogP contribution in [-0.4, -0.2) is 31.2 Å². The predicted octanol–water partition coefficient (Wildman–Crippen LogP) is 3.37. The molecule has 0 fully saturated rings. The molecule has 2 aromatic carbocycles. The number of carboxylic acid groups (broad SMARTS) is 1. The summed E-state index contributed by atoms with van der Waals surface area (Å²) < 4.78 is 24.0. The Labute approximate surface area is 160 Å². The number of carbonyl (C=O) groups excluding carboxylic acids is 1. The van der Waals surface area contributed by atoms with Gasteiger partial charge in [0.2, 0.25) is 5.91 Å². The first-order valence-electron chi connectivity index (χ1n) is 8.03. The Hall–Kier alpha value is -2.80. The highest BCUT2D eigenvalue weighted by molar-refractivity contribution is 6.30. The molecule has 0 spiro atoms. The van der Waals surface area contributed by atoms with E-state index in [4.69, 9.17) is 21.1 Å². The lowest BCUT2D eigenvalue weighted by molar-refractivity contribution is -0.142. The summed E-state index contributed by atoms with van der Waals surface area (Å²) in [5.41, 5.74) is 0.841. The van der Waals surface area contributed by atoms with Gasteiger partial charge >= 0.3 is 5.97 Å². The van der Waals surface area contributed by atoms with Crippen LogP contribution in [0.15, 0.2) is 36.4 Å². The van der Waals surface area contributed by atoms with Gasteiger partial charge in [-0.05, 0) is 47.9 Å². The minimum absolute atomic E-state index is 0.0172. The normalized spacial score (nSPS) is 11.6. The first-order valence-corrected chi connectivity index (χ1v) is 8.41. The second-order valence-corrected chi connectivity index (χ2v) is 6.10. The molecule has 2 rings (SSSR count). The number of nitrogens with one attached hydrogen (secondary N) is 1. The molecule has 2 aromatic rings. The molecular weight excluding hydrogens is 377 g/mol. The van der Waals surface area contributed by atoms with E-state index in [1.54, 1.807) is 18.2 Å². The first kappa shape index (κ1) is 20.5. The molecular formula is C19H19ClFNO5. The third-order valence-corrected chi connectivity index (χ3v) is 4.24. The van der Waals surface area contributed by atoms with Crippen LogP contribution in [0.5, 0.6) is 11.5 Å². The van der Waals surface area contributed by atoms with Gasteiger partial charge in [0.1, 0.15) is 17.3 Å². The zero-order valence-electron chi connectivity index (χ0n) is 14.8. The Morgan fingerprint density at radius 1 is 1.19 bits per heavy atom. The van der Waals surface area contributed by atoms with Gasteiger partial charge in [0.25, 0.3) is 0 Å². The van der Waals surface area contributed by atoms with Crippen LogP contribution in [0.2, 0.25) is 5.02 Å². The third kappa shape index (κ3) is 5.34. The zero-order valence-corrected chi connectivity index (χ0v) is 15.5. The summed E-state index contributed by atoms with van der Waals surface area (Å²) >= 11 is 5.61. The van der Waals surface area contributed by atoms with E-state index in [0.29, 0.717) is 17.9 Å². The average molecular weight is 396 g/mol. The molecule has 144 valence electrons. The Morgan fingerprint density at radius 2 is 1.93 bits per heavy atom. The predicted molar refractivity (Wildman–Crippen MR) is 97.8 cm³/mol. The molecule has 1 unspecified atom stereocenters. The number of hydrogen-bond donors (Lipinski definition) is 2. The minimum Gasteiger partial charge on any atom is -0.497 e. The van der Waals surface area contributed by atoms with E-state index in [1.165, 1.54) is 26.4 Å². The van der Waals surface area contributed by atoms with Gasteiger partial charge in [0.05, 0.1) is 19.2 Å². The third-order valence-electron chi connectivity index (χ3n) is 3.94. The molecule has 0 aliphatic carbocycles. The van der Waals surface area contributed by atoms with Gasteiger partial charge in [-0.2, -0.15) is 0 Å². The van der Waals surface area contributed by atoms with Crippen LogP contribution in [0.4, 0.5) is 4.39 Å². The van der Waals surface area contributed by atoms with E-state index in [-0.39, 0.29) is 17.0 Å². The number of methoxy groups -OCH3 is 2. The van der Waals surface area contributed by atoms with Crippen molar-refractivity contribution in [2.24, 2.45) is 0 Å². The van der Waals surface area contributed by atoms with Crippen molar-refractivity contribution in [3.8, 4) is 11.5 Å². The summed E-state index contributed by atoms with van der Waals surface area (Å²) in [6, 6.07) is 7.42. The molecule has 0 aliphatic heterocycles. The van der Waals surface area contributed by atoms with Crippen molar-refractivity contribution in [2.75, 3.05) is 14.2 Å². The summed E-state index contributed by atoms with van der Waals surface area (Å²) in [5, 5.41) is 11.6. The van der Waals surface area contributed by atoms with Crippen molar-refractivity contribution < 1.29 is 28.6 Å². The number of halogens is 2. The van der Waals surface area contributed by atoms with E-state index >= 15 is 0 Å². The summed E-state index contributed by atoms with van der Waals surface area (Å²) in [5.74, 6) is -1.34. The van der Waals surface area contributed by atoms with Crippen LogP contribution in [0.1, 0.15) is 23.6 Å². The monoisotopic (exact) mass is 395 g/mol. The second-order valence-electron chi connectivity index (χ2n) is 5.69. The molecule has 0 saturated heterocycles. The molecule has 0 radical (unpaired) electrons. The number of hydrogen-bond acceptors (Lipinski definition) is 4. The lowest BCUT2D eigenvalue weighted by atomic mass is 10.1. The topological polar surface area (TPSA) is 84.9 Å². The number of benzene rings is 2. The molecule has 6 nitrogen and oxygen atoms in total. The van der Waals surface area contributed by atoms with Gasteiger partial charge < -0.3 is 19.9 Å². The lowest BCUT2D eigenvalue weighted by Gasteiger charge is -2.16. The molecule has 27 heavy (non-hydrogen) atoms. The van der Waals surface area contributed by atoms with Gasteiger partial charge in [-0.1, -0.05) is 17.7 Å². The standard InChI is InChI=1S/C19H19ClFNO5/c1-26-13-5-7-16(27-2)11(9-13)4-8-17(23)22-18(19(24)25)12-3-6-14(20)15(21)10-12/h3,5-7,9-10,18H,4,8H2,1-2H3,(H,22,23)(H,24,25). The smallest absolute Gasteiger partial charge is 0.330 e. The lowest BCUT2D eigenvalue weighted by Crippen LogP contribution is -2.34. The SMILES string of the molecule is COc1ccc(OC)c(CCC(=O)NC(C(=O)O)c2ccc(Cl)c(F)c2)c1. The van der Waals surface area contributed by atoms with Crippen molar-refractivity contribution in [1.82, 2.24) is 5.32 Å². The molecule has 1 atom stereocenters. The van der Waals surface area contributed by atoms with Crippen LogP contribution >= 0.6 is 11.6 Å². The zero-order chi connectivity index (χ0) is 20.0. The number of carbonyl (C=O) groups is 2. The fourth-order valence-electron chi connectivity index (χ4n) is 2.54. The van der Waals surface area contributed by atoms with Crippen LogP contribution in [-0.2, 0) is 16.0 Å². The Balaban J connectivity index is 2.08. The molecule has 0 saturated carbocycles. The largest absolute Gasteiger partial charge is 0.497 e. The molecule has 1 amide bonds. The summed E-state index contributed by atoms with van der Waals surface area (Å²) in [4.78, 5) is 23.7. The highest BCUT2D eigenvalue weighted by atomic mass is 35.5. The number of carboxylic acids is 1. The van der Waals surface area contributed by atoms with E-state index in [0.717, 1.165) is 11.6 Å². The van der Waals surface area contributed by atoms with Crippen LogP contribution in [0.25, 0.3) is 0 Å². The van der Waals surface area contributed by atoms with E-state index < -0.39 is 23.7 Å². The van der Waals surface area contributed by atoms with E-state index in [2.05, 4.69) is 5.32 Å². The number of rotatable bonds is 8. The van der Waals surface area contributed by atoms with Gasteiger partial charge in [-0.25, -0.2) is 9.18 Å². The maximum Gasteiger partial charge on any atom is 0.330 e. The highest BCUT2D eigenvalue weighted by Gasteiger charge is 2.23. The van der Waals surface area contributed by atoms with E-state index in [1.807, 2.05) is 0 Å². The number of amides is 1. The highest BCUT2D eigenvalue weighted by Crippen LogP contribution is 2.25. The van der Waals surface area contributed by atoms with Gasteiger partial charge in [0.15, 0.2) is 6.04 Å². The van der Waals surface area contributed by atoms with Gasteiger partial charge in [-0.15, -0.1) is 0 Å². The van der Waals surface area contributed by atoms with Crippen molar-refractivity contribution in [3.05, 3.63) is 58.4 Å². The fraction of sp³-hybridized carbons (Fsp3) is 0.263. The Bertz CT molecular complexity index is 843. The van der Waals surface area contributed by atoms with Crippen molar-refractivity contribution in [3.63, 3.8) is 0 Å². The van der Waals surface area contributed by atoms with E-state index in [9.17, 15) is 19.1 Å². The van der Waals surface area contributed by atoms with Crippen LogP contribution in [0, 0.1) is 5.82 Å².